The Hall–Kier alpha value is -3.09. The quantitative estimate of drug-likeness (QED) is 0.647. The lowest BCUT2D eigenvalue weighted by molar-refractivity contribution is -0.142. The van der Waals surface area contributed by atoms with Crippen molar-refractivity contribution in [1.29, 1.82) is 0 Å². The van der Waals surface area contributed by atoms with Crippen LogP contribution in [0.2, 0.25) is 0 Å². The average Bonchev–Trinajstić information content (AvgIpc) is 3.04. The van der Waals surface area contributed by atoms with Crippen LogP contribution in [-0.4, -0.2) is 30.7 Å². The summed E-state index contributed by atoms with van der Waals surface area (Å²) >= 11 is 0. The second kappa shape index (κ2) is 7.63. The molecular weight excluding hydrogens is 288 g/mol. The molecule has 1 heterocycles. The Morgan fingerprint density at radius 1 is 1.32 bits per heavy atom. The van der Waals surface area contributed by atoms with Gasteiger partial charge in [0.15, 0.2) is 12.4 Å². The van der Waals surface area contributed by atoms with Crippen molar-refractivity contribution in [2.75, 3.05) is 19.0 Å². The standard InChI is InChI=1S/C15H14N2O5/c1-20-12-5-3-2-4-11(12)6-7-15(19)21-10-14(18)16-13-8-9-22-17-13/h2-9H,10H2,1H3,(H,16,17,18)/b7-6+. The van der Waals surface area contributed by atoms with E-state index in [-0.39, 0.29) is 5.82 Å². The van der Waals surface area contributed by atoms with Crippen LogP contribution in [0.3, 0.4) is 0 Å². The molecule has 1 amide bonds. The Morgan fingerprint density at radius 3 is 2.86 bits per heavy atom. The number of aromatic nitrogens is 1. The summed E-state index contributed by atoms with van der Waals surface area (Å²) < 4.78 is 14.5. The molecule has 0 unspecified atom stereocenters. The van der Waals surface area contributed by atoms with E-state index in [1.54, 1.807) is 25.3 Å². The van der Waals surface area contributed by atoms with Crippen molar-refractivity contribution in [3.63, 3.8) is 0 Å². The number of anilines is 1. The van der Waals surface area contributed by atoms with Crippen molar-refractivity contribution < 1.29 is 23.6 Å². The van der Waals surface area contributed by atoms with Gasteiger partial charge in [-0.15, -0.1) is 0 Å². The summed E-state index contributed by atoms with van der Waals surface area (Å²) in [6, 6.07) is 8.68. The van der Waals surface area contributed by atoms with E-state index in [4.69, 9.17) is 9.47 Å². The number of hydrogen-bond donors (Lipinski definition) is 1. The molecule has 7 nitrogen and oxygen atoms in total. The van der Waals surface area contributed by atoms with Gasteiger partial charge in [0.2, 0.25) is 0 Å². The molecule has 0 aliphatic heterocycles. The highest BCUT2D eigenvalue weighted by molar-refractivity contribution is 5.94. The molecule has 0 fully saturated rings. The predicted molar refractivity (Wildman–Crippen MR) is 78.1 cm³/mol. The number of benzene rings is 1. The second-order valence-electron chi connectivity index (χ2n) is 4.12. The molecule has 0 bridgehead atoms. The van der Waals surface area contributed by atoms with Crippen LogP contribution in [-0.2, 0) is 14.3 Å². The maximum absolute atomic E-state index is 11.6. The number of carbonyl (C=O) groups excluding carboxylic acids is 2. The van der Waals surface area contributed by atoms with E-state index >= 15 is 0 Å². The van der Waals surface area contributed by atoms with Gasteiger partial charge in [0.25, 0.3) is 5.91 Å². The fourth-order valence-corrected chi connectivity index (χ4v) is 1.60. The number of amides is 1. The van der Waals surface area contributed by atoms with E-state index in [0.717, 1.165) is 5.56 Å². The number of ether oxygens (including phenoxy) is 2. The Bertz CT molecular complexity index is 664. The van der Waals surface area contributed by atoms with Crippen LogP contribution in [0.15, 0.2) is 47.2 Å². The molecule has 1 aromatic heterocycles. The second-order valence-corrected chi connectivity index (χ2v) is 4.12. The first-order valence-corrected chi connectivity index (χ1v) is 6.37. The summed E-state index contributed by atoms with van der Waals surface area (Å²) in [6.45, 7) is -0.415. The van der Waals surface area contributed by atoms with Gasteiger partial charge in [-0.25, -0.2) is 4.79 Å². The molecule has 2 aromatic rings. The van der Waals surface area contributed by atoms with Crippen LogP contribution in [0.5, 0.6) is 5.75 Å². The van der Waals surface area contributed by atoms with E-state index < -0.39 is 18.5 Å². The van der Waals surface area contributed by atoms with Crippen LogP contribution in [0.4, 0.5) is 5.82 Å². The molecular formula is C15H14N2O5. The summed E-state index contributed by atoms with van der Waals surface area (Å²) in [5.41, 5.74) is 0.731. The summed E-state index contributed by atoms with van der Waals surface area (Å²) in [7, 11) is 1.54. The zero-order valence-electron chi connectivity index (χ0n) is 11.8. The smallest absolute Gasteiger partial charge is 0.331 e. The van der Waals surface area contributed by atoms with Gasteiger partial charge in [0, 0.05) is 17.7 Å². The van der Waals surface area contributed by atoms with E-state index in [1.165, 1.54) is 18.4 Å². The Morgan fingerprint density at radius 2 is 2.14 bits per heavy atom. The largest absolute Gasteiger partial charge is 0.496 e. The molecule has 7 heteroatoms. The van der Waals surface area contributed by atoms with Crippen molar-refractivity contribution >= 4 is 23.8 Å². The van der Waals surface area contributed by atoms with Crippen molar-refractivity contribution in [2.45, 2.75) is 0 Å². The van der Waals surface area contributed by atoms with Crippen LogP contribution in [0.25, 0.3) is 6.08 Å². The molecule has 0 aliphatic carbocycles. The fraction of sp³-hybridized carbons (Fsp3) is 0.133. The number of esters is 1. The minimum atomic E-state index is -0.638. The molecule has 2 rings (SSSR count). The van der Waals surface area contributed by atoms with E-state index in [2.05, 4.69) is 15.0 Å². The third-order valence-electron chi connectivity index (χ3n) is 2.59. The molecule has 0 atom stereocenters. The lowest BCUT2D eigenvalue weighted by Crippen LogP contribution is -2.20. The molecule has 0 spiro atoms. The normalized spacial score (nSPS) is 10.4. The van der Waals surface area contributed by atoms with Crippen LogP contribution < -0.4 is 10.1 Å². The third-order valence-corrected chi connectivity index (χ3v) is 2.59. The molecule has 0 saturated heterocycles. The maximum atomic E-state index is 11.6. The zero-order chi connectivity index (χ0) is 15.8. The first-order chi connectivity index (χ1) is 10.7. The van der Waals surface area contributed by atoms with Gasteiger partial charge in [-0.3, -0.25) is 4.79 Å². The van der Waals surface area contributed by atoms with E-state index in [0.29, 0.717) is 5.75 Å². The number of nitrogens with one attached hydrogen (secondary N) is 1. The minimum Gasteiger partial charge on any atom is -0.496 e. The van der Waals surface area contributed by atoms with Crippen molar-refractivity contribution in [2.24, 2.45) is 0 Å². The number of carbonyl (C=O) groups is 2. The molecule has 1 N–H and O–H groups in total. The van der Waals surface area contributed by atoms with Gasteiger partial charge >= 0.3 is 5.97 Å². The molecule has 0 radical (unpaired) electrons. The highest BCUT2D eigenvalue weighted by Gasteiger charge is 2.07. The number of hydrogen-bond acceptors (Lipinski definition) is 6. The number of methoxy groups -OCH3 is 1. The van der Waals surface area contributed by atoms with Crippen LogP contribution in [0, 0.1) is 0 Å². The number of rotatable bonds is 6. The van der Waals surface area contributed by atoms with Crippen LogP contribution in [0.1, 0.15) is 5.56 Å². The monoisotopic (exact) mass is 302 g/mol. The molecule has 0 aliphatic rings. The maximum Gasteiger partial charge on any atom is 0.331 e. The molecule has 0 saturated carbocycles. The zero-order valence-corrected chi connectivity index (χ0v) is 11.8. The summed E-state index contributed by atoms with van der Waals surface area (Å²) in [5.74, 6) is -0.255. The van der Waals surface area contributed by atoms with E-state index in [9.17, 15) is 9.59 Å². The third kappa shape index (κ3) is 4.48. The molecule has 114 valence electrons. The fourth-order valence-electron chi connectivity index (χ4n) is 1.60. The highest BCUT2D eigenvalue weighted by atomic mass is 16.5. The molecule has 1 aromatic carbocycles. The Kier molecular flexibility index (Phi) is 5.31. The van der Waals surface area contributed by atoms with Crippen molar-refractivity contribution in [1.82, 2.24) is 5.16 Å². The summed E-state index contributed by atoms with van der Waals surface area (Å²) in [4.78, 5) is 23.0. The van der Waals surface area contributed by atoms with Gasteiger partial charge in [-0.2, -0.15) is 0 Å². The lowest BCUT2D eigenvalue weighted by atomic mass is 10.2. The summed E-state index contributed by atoms with van der Waals surface area (Å²) in [5, 5.41) is 5.91. The van der Waals surface area contributed by atoms with Gasteiger partial charge in [0.1, 0.15) is 12.0 Å². The number of nitrogens with zero attached hydrogens (tertiary/aromatic N) is 1. The first kappa shape index (κ1) is 15.3. The summed E-state index contributed by atoms with van der Waals surface area (Å²) in [6.07, 6.45) is 4.09. The minimum absolute atomic E-state index is 0.255. The Labute approximate surface area is 126 Å². The SMILES string of the molecule is COc1ccccc1/C=C/C(=O)OCC(=O)Nc1ccon1. The predicted octanol–water partition coefficient (Wildman–Crippen LogP) is 1.88. The van der Waals surface area contributed by atoms with Gasteiger partial charge in [-0.05, 0) is 12.1 Å². The van der Waals surface area contributed by atoms with Gasteiger partial charge in [-0.1, -0.05) is 23.4 Å². The topological polar surface area (TPSA) is 90.7 Å². The van der Waals surface area contributed by atoms with Crippen LogP contribution >= 0.6 is 0 Å². The number of para-hydroxylation sites is 1. The Balaban J connectivity index is 1.82. The lowest BCUT2D eigenvalue weighted by Gasteiger charge is -2.04. The molecule has 22 heavy (non-hydrogen) atoms. The average molecular weight is 302 g/mol. The van der Waals surface area contributed by atoms with Gasteiger partial charge in [0.05, 0.1) is 7.11 Å². The van der Waals surface area contributed by atoms with E-state index in [1.807, 2.05) is 12.1 Å². The van der Waals surface area contributed by atoms with Crippen molar-refractivity contribution in [3.05, 3.63) is 48.2 Å². The van der Waals surface area contributed by atoms with Crippen molar-refractivity contribution in [3.8, 4) is 5.75 Å². The first-order valence-electron chi connectivity index (χ1n) is 6.37. The van der Waals surface area contributed by atoms with Gasteiger partial charge < -0.3 is 19.3 Å². The highest BCUT2D eigenvalue weighted by Crippen LogP contribution is 2.18.